The van der Waals surface area contributed by atoms with Crippen LogP contribution in [0.2, 0.25) is 0 Å². The molecule has 5 nitrogen and oxygen atoms in total. The van der Waals surface area contributed by atoms with E-state index in [9.17, 15) is 9.59 Å². The Bertz CT molecular complexity index is 726. The van der Waals surface area contributed by atoms with Crippen molar-refractivity contribution in [1.29, 1.82) is 0 Å². The molecule has 0 N–H and O–H groups in total. The molecule has 66 valence electrons. The third-order valence-corrected chi connectivity index (χ3v) is 2.18. The van der Waals surface area contributed by atoms with Crippen molar-refractivity contribution in [2.24, 2.45) is 0 Å². The summed E-state index contributed by atoms with van der Waals surface area (Å²) in [4.78, 5) is 26.0. The van der Waals surface area contributed by atoms with Crippen LogP contribution in [0, 0.1) is 0 Å². The molecule has 0 saturated heterocycles. The molecular formula is C9H3N3O2. The zero-order valence-corrected chi connectivity index (χ0v) is 6.89. The van der Waals surface area contributed by atoms with Crippen molar-refractivity contribution < 1.29 is 0 Å². The predicted molar refractivity (Wildman–Crippen MR) is 49.8 cm³/mol. The lowest BCUT2D eigenvalue weighted by Crippen LogP contribution is -2.18. The molecule has 0 saturated carbocycles. The van der Waals surface area contributed by atoms with E-state index in [1.807, 2.05) is 0 Å². The summed E-state index contributed by atoms with van der Waals surface area (Å²) in [6.07, 6.45) is 1.55. The van der Waals surface area contributed by atoms with Gasteiger partial charge in [-0.3, -0.25) is 9.59 Å². The monoisotopic (exact) mass is 185 g/mol. The van der Waals surface area contributed by atoms with Gasteiger partial charge in [0.15, 0.2) is 0 Å². The topological polar surface area (TPSA) is 72.8 Å². The molecule has 0 unspecified atom stereocenters. The molecule has 0 amide bonds. The third-order valence-electron chi connectivity index (χ3n) is 2.18. The van der Waals surface area contributed by atoms with E-state index in [1.54, 1.807) is 18.3 Å². The summed E-state index contributed by atoms with van der Waals surface area (Å²) in [7, 11) is 0. The molecule has 2 aromatic heterocycles. The zero-order valence-electron chi connectivity index (χ0n) is 6.89. The van der Waals surface area contributed by atoms with Gasteiger partial charge in [0.05, 0.1) is 17.1 Å². The van der Waals surface area contributed by atoms with E-state index in [4.69, 9.17) is 0 Å². The molecule has 3 aromatic rings. The number of nitrogens with zero attached hydrogens (tertiary/aromatic N) is 3. The molecule has 14 heavy (non-hydrogen) atoms. The third kappa shape index (κ3) is 0.711. The normalized spacial score (nSPS) is 11.4. The largest absolute Gasteiger partial charge is 0.318 e. The second-order valence-electron chi connectivity index (χ2n) is 2.99. The Kier molecular flexibility index (Phi) is 1.14. The van der Waals surface area contributed by atoms with Gasteiger partial charge in [0.1, 0.15) is 5.52 Å². The lowest BCUT2D eigenvalue weighted by atomic mass is 10.2. The molecule has 0 aliphatic rings. The van der Waals surface area contributed by atoms with Crippen LogP contribution in [0.3, 0.4) is 0 Å². The van der Waals surface area contributed by atoms with Gasteiger partial charge >= 0.3 is 5.56 Å². The Labute approximate surface area is 76.7 Å². The molecule has 0 aliphatic heterocycles. The molecule has 0 radical (unpaired) electrons. The second kappa shape index (κ2) is 2.20. The molecule has 0 aliphatic carbocycles. The van der Waals surface area contributed by atoms with Gasteiger partial charge in [0.25, 0.3) is 5.43 Å². The Balaban J connectivity index is 2.81. The first-order chi connectivity index (χ1) is 6.77. The van der Waals surface area contributed by atoms with Crippen LogP contribution in [-0.4, -0.2) is 15.2 Å². The minimum atomic E-state index is -0.726. The van der Waals surface area contributed by atoms with Gasteiger partial charge in [-0.2, -0.15) is 5.10 Å². The van der Waals surface area contributed by atoms with Crippen molar-refractivity contribution in [2.45, 2.75) is 0 Å². The van der Waals surface area contributed by atoms with Gasteiger partial charge in [0.2, 0.25) is 0 Å². The van der Waals surface area contributed by atoms with Crippen molar-refractivity contribution in [3.63, 3.8) is 0 Å². The van der Waals surface area contributed by atoms with Crippen LogP contribution in [0.1, 0.15) is 0 Å². The molecule has 0 spiro atoms. The van der Waals surface area contributed by atoms with E-state index >= 15 is 0 Å². The van der Waals surface area contributed by atoms with Crippen LogP contribution in [0.5, 0.6) is 0 Å². The van der Waals surface area contributed by atoms with Crippen molar-refractivity contribution in [2.75, 3.05) is 0 Å². The Morgan fingerprint density at radius 1 is 1.14 bits per heavy atom. The highest BCUT2D eigenvalue weighted by atomic mass is 16.2. The Morgan fingerprint density at radius 2 is 2.00 bits per heavy atom. The minimum absolute atomic E-state index is 0.282. The fraction of sp³-hybridized carbons (Fsp3) is 0. The Hall–Kier alpha value is -2.17. The van der Waals surface area contributed by atoms with Gasteiger partial charge in [-0.15, -0.1) is 5.10 Å². The fourth-order valence-corrected chi connectivity index (χ4v) is 1.54. The van der Waals surface area contributed by atoms with Crippen LogP contribution < -0.4 is 11.0 Å². The maximum Gasteiger partial charge on any atom is 0.318 e. The van der Waals surface area contributed by atoms with Gasteiger partial charge in [-0.1, -0.05) is 0 Å². The molecule has 0 atom stereocenters. The van der Waals surface area contributed by atoms with Gasteiger partial charge in [-0.05, 0) is 12.1 Å². The second-order valence-corrected chi connectivity index (χ2v) is 2.99. The minimum Gasteiger partial charge on any atom is -0.283 e. The van der Waals surface area contributed by atoms with Crippen LogP contribution >= 0.6 is 0 Å². The first kappa shape index (κ1) is 7.25. The maximum absolute atomic E-state index is 11.4. The quantitative estimate of drug-likeness (QED) is 0.452. The highest BCUT2D eigenvalue weighted by molar-refractivity contribution is 6.03. The predicted octanol–water partition coefficient (Wildman–Crippen LogP) is -0.226. The van der Waals surface area contributed by atoms with E-state index < -0.39 is 11.0 Å². The molecule has 0 fully saturated rings. The van der Waals surface area contributed by atoms with Crippen LogP contribution in [0.15, 0.2) is 27.9 Å². The number of aromatic nitrogens is 3. The zero-order chi connectivity index (χ0) is 9.71. The van der Waals surface area contributed by atoms with E-state index in [-0.39, 0.29) is 5.39 Å². The molecule has 5 heteroatoms. The molecule has 3 rings (SSSR count). The molecule has 1 aromatic carbocycles. The number of benzene rings is 1. The summed E-state index contributed by atoms with van der Waals surface area (Å²) in [5.41, 5.74) is -0.461. The van der Waals surface area contributed by atoms with Gasteiger partial charge in [-0.25, -0.2) is 4.98 Å². The summed E-state index contributed by atoms with van der Waals surface area (Å²) >= 11 is 0. The van der Waals surface area contributed by atoms with E-state index in [2.05, 4.69) is 15.2 Å². The average Bonchev–Trinajstić information content (AvgIpc) is 2.72. The smallest absolute Gasteiger partial charge is 0.283 e. The summed E-state index contributed by atoms with van der Waals surface area (Å²) in [5, 5.41) is 8.51. The van der Waals surface area contributed by atoms with E-state index in [0.29, 0.717) is 11.0 Å². The first-order valence-electron chi connectivity index (χ1n) is 3.99. The van der Waals surface area contributed by atoms with Gasteiger partial charge < -0.3 is 0 Å². The summed E-state index contributed by atoms with van der Waals surface area (Å²) in [5.74, 6) is 0. The van der Waals surface area contributed by atoms with Crippen molar-refractivity contribution in [3.05, 3.63) is 38.9 Å². The van der Waals surface area contributed by atoms with Crippen LogP contribution in [0.25, 0.3) is 21.8 Å². The van der Waals surface area contributed by atoms with Crippen LogP contribution in [0.4, 0.5) is 0 Å². The van der Waals surface area contributed by atoms with Gasteiger partial charge in [0, 0.05) is 5.39 Å². The number of hydrogen-bond donors (Lipinski definition) is 0. The average molecular weight is 185 g/mol. The number of fused-ring (bicyclic) bond motifs is 3. The standard InChI is InChI=1S/C9H3N3O2/c13-8-6-5(11-9(8)14)2-1-4-3-10-12-7(4)6/h1-3H. The first-order valence-corrected chi connectivity index (χ1v) is 3.99. The van der Waals surface area contributed by atoms with E-state index in [1.165, 1.54) is 0 Å². The van der Waals surface area contributed by atoms with Crippen molar-refractivity contribution in [3.8, 4) is 0 Å². The Morgan fingerprint density at radius 3 is 2.86 bits per heavy atom. The maximum atomic E-state index is 11.4. The highest BCUT2D eigenvalue weighted by Gasteiger charge is 2.12. The lowest BCUT2D eigenvalue weighted by molar-refractivity contribution is 1.12. The van der Waals surface area contributed by atoms with E-state index in [0.717, 1.165) is 5.39 Å². The number of rotatable bonds is 0. The lowest BCUT2D eigenvalue weighted by Gasteiger charge is -1.86. The summed E-state index contributed by atoms with van der Waals surface area (Å²) in [6.45, 7) is 0. The SMILES string of the molecule is O=c1nc2ccc3cnnc3c2c1=O. The van der Waals surface area contributed by atoms with Crippen molar-refractivity contribution >= 4 is 21.8 Å². The van der Waals surface area contributed by atoms with Crippen molar-refractivity contribution in [1.82, 2.24) is 15.2 Å². The summed E-state index contributed by atoms with van der Waals surface area (Å²) in [6, 6.07) is 3.37. The molecular weight excluding hydrogens is 182 g/mol. The number of hydrogen-bond acceptors (Lipinski definition) is 5. The summed E-state index contributed by atoms with van der Waals surface area (Å²) < 4.78 is 0. The molecule has 0 bridgehead atoms. The van der Waals surface area contributed by atoms with Crippen LogP contribution in [-0.2, 0) is 0 Å². The fourth-order valence-electron chi connectivity index (χ4n) is 1.54. The highest BCUT2D eigenvalue weighted by Crippen LogP contribution is 2.17. The molecule has 2 heterocycles.